The monoisotopic (exact) mass is 214 g/mol. The van der Waals surface area contributed by atoms with Gasteiger partial charge in [0, 0.05) is 12.0 Å². The molecule has 0 saturated carbocycles. The van der Waals surface area contributed by atoms with Crippen LogP contribution in [-0.4, -0.2) is 18.0 Å². The Morgan fingerprint density at radius 2 is 1.80 bits per heavy atom. The lowest BCUT2D eigenvalue weighted by Crippen LogP contribution is -2.57. The molecule has 0 aromatic heterocycles. The summed E-state index contributed by atoms with van der Waals surface area (Å²) in [5.74, 6) is 0.422. The Morgan fingerprint density at radius 1 is 1.33 bits per heavy atom. The van der Waals surface area contributed by atoms with Crippen molar-refractivity contribution in [3.63, 3.8) is 0 Å². The molecule has 0 saturated heterocycles. The molecular weight excluding hydrogens is 188 g/mol. The zero-order valence-electron chi connectivity index (χ0n) is 11.0. The van der Waals surface area contributed by atoms with Crippen molar-refractivity contribution in [2.45, 2.75) is 53.5 Å². The van der Waals surface area contributed by atoms with Crippen LogP contribution in [-0.2, 0) is 4.79 Å². The molecule has 3 heteroatoms. The molecule has 0 spiro atoms. The predicted molar refractivity (Wildman–Crippen MR) is 64.5 cm³/mol. The smallest absolute Gasteiger partial charge is 0.226 e. The first-order chi connectivity index (χ1) is 6.69. The number of nitrogens with two attached hydrogens (primary N) is 1. The second-order valence-electron chi connectivity index (χ2n) is 5.47. The molecule has 3 N–H and O–H groups in total. The molecule has 0 aliphatic carbocycles. The Morgan fingerprint density at radius 3 is 2.07 bits per heavy atom. The van der Waals surface area contributed by atoms with Crippen molar-refractivity contribution in [1.29, 1.82) is 0 Å². The second kappa shape index (κ2) is 4.97. The molecule has 0 heterocycles. The molecular formula is C12H26N2O. The Labute approximate surface area is 93.8 Å². The number of amides is 1. The van der Waals surface area contributed by atoms with Crippen LogP contribution in [0.2, 0.25) is 0 Å². The van der Waals surface area contributed by atoms with Crippen LogP contribution in [0.5, 0.6) is 0 Å². The lowest BCUT2D eigenvalue weighted by atomic mass is 9.84. The fourth-order valence-corrected chi connectivity index (χ4v) is 1.02. The number of rotatable bonds is 5. The van der Waals surface area contributed by atoms with Crippen LogP contribution in [0.1, 0.15) is 48.0 Å². The fourth-order valence-electron chi connectivity index (χ4n) is 1.02. The lowest BCUT2D eigenvalue weighted by molar-refractivity contribution is -0.131. The van der Waals surface area contributed by atoms with Crippen molar-refractivity contribution in [3.8, 4) is 0 Å². The molecule has 1 amide bonds. The minimum Gasteiger partial charge on any atom is -0.349 e. The summed E-state index contributed by atoms with van der Waals surface area (Å²) in [6, 6.07) is 0. The SMILES string of the molecule is CCC(C)(C)C(=O)NC(C)(CN)C(C)C. The average Bonchev–Trinajstić information content (AvgIpc) is 2.17. The van der Waals surface area contributed by atoms with Crippen LogP contribution in [0, 0.1) is 11.3 Å². The highest BCUT2D eigenvalue weighted by Gasteiger charge is 2.34. The number of nitrogens with one attached hydrogen (secondary N) is 1. The van der Waals surface area contributed by atoms with E-state index in [2.05, 4.69) is 19.2 Å². The van der Waals surface area contributed by atoms with Gasteiger partial charge in [-0.3, -0.25) is 4.79 Å². The van der Waals surface area contributed by atoms with E-state index in [-0.39, 0.29) is 16.9 Å². The van der Waals surface area contributed by atoms with Gasteiger partial charge in [-0.1, -0.05) is 34.6 Å². The minimum absolute atomic E-state index is 0.0895. The van der Waals surface area contributed by atoms with E-state index in [0.29, 0.717) is 12.5 Å². The first kappa shape index (κ1) is 14.4. The van der Waals surface area contributed by atoms with E-state index in [1.165, 1.54) is 0 Å². The maximum atomic E-state index is 12.0. The van der Waals surface area contributed by atoms with E-state index in [1.807, 2.05) is 27.7 Å². The molecule has 0 aromatic carbocycles. The minimum atomic E-state index is -0.314. The fraction of sp³-hybridized carbons (Fsp3) is 0.917. The van der Waals surface area contributed by atoms with Crippen LogP contribution >= 0.6 is 0 Å². The van der Waals surface area contributed by atoms with Gasteiger partial charge in [-0.05, 0) is 19.3 Å². The summed E-state index contributed by atoms with van der Waals surface area (Å²) < 4.78 is 0. The summed E-state index contributed by atoms with van der Waals surface area (Å²) in [4.78, 5) is 12.0. The maximum absolute atomic E-state index is 12.0. The highest BCUT2D eigenvalue weighted by Crippen LogP contribution is 2.23. The van der Waals surface area contributed by atoms with E-state index in [0.717, 1.165) is 6.42 Å². The number of carbonyl (C=O) groups is 1. The zero-order chi connectivity index (χ0) is 12.3. The Hall–Kier alpha value is -0.570. The Balaban J connectivity index is 4.65. The standard InChI is InChI=1S/C12H26N2O/c1-7-11(4,5)10(15)14-12(6,8-13)9(2)3/h9H,7-8,13H2,1-6H3,(H,14,15). The molecule has 90 valence electrons. The number of carbonyl (C=O) groups excluding carboxylic acids is 1. The van der Waals surface area contributed by atoms with Crippen molar-refractivity contribution in [3.05, 3.63) is 0 Å². The summed E-state index contributed by atoms with van der Waals surface area (Å²) in [6.45, 7) is 12.6. The average molecular weight is 214 g/mol. The van der Waals surface area contributed by atoms with Gasteiger partial charge in [-0.2, -0.15) is 0 Å². The van der Waals surface area contributed by atoms with Crippen LogP contribution < -0.4 is 11.1 Å². The van der Waals surface area contributed by atoms with Crippen LogP contribution in [0.25, 0.3) is 0 Å². The summed E-state index contributed by atoms with van der Waals surface area (Å²) in [5.41, 5.74) is 5.11. The van der Waals surface area contributed by atoms with E-state index in [9.17, 15) is 4.79 Å². The number of hydrogen-bond acceptors (Lipinski definition) is 2. The first-order valence-corrected chi connectivity index (χ1v) is 5.72. The molecule has 0 bridgehead atoms. The Kier molecular flexibility index (Phi) is 4.78. The number of hydrogen-bond donors (Lipinski definition) is 2. The molecule has 0 fully saturated rings. The third-order valence-corrected chi connectivity index (χ3v) is 3.60. The molecule has 1 atom stereocenters. The zero-order valence-corrected chi connectivity index (χ0v) is 11.0. The summed E-state index contributed by atoms with van der Waals surface area (Å²) >= 11 is 0. The largest absolute Gasteiger partial charge is 0.349 e. The molecule has 3 nitrogen and oxygen atoms in total. The summed E-state index contributed by atoms with van der Waals surface area (Å²) in [6.07, 6.45) is 0.831. The first-order valence-electron chi connectivity index (χ1n) is 5.72. The van der Waals surface area contributed by atoms with Gasteiger partial charge in [0.25, 0.3) is 0 Å². The van der Waals surface area contributed by atoms with Gasteiger partial charge < -0.3 is 11.1 Å². The third-order valence-electron chi connectivity index (χ3n) is 3.60. The summed E-state index contributed by atoms with van der Waals surface area (Å²) in [7, 11) is 0. The highest BCUT2D eigenvalue weighted by molar-refractivity contribution is 5.82. The normalized spacial score (nSPS) is 16.3. The van der Waals surface area contributed by atoms with Gasteiger partial charge in [-0.15, -0.1) is 0 Å². The van der Waals surface area contributed by atoms with E-state index in [1.54, 1.807) is 0 Å². The third kappa shape index (κ3) is 3.49. The van der Waals surface area contributed by atoms with Crippen molar-refractivity contribution < 1.29 is 4.79 Å². The maximum Gasteiger partial charge on any atom is 0.226 e. The predicted octanol–water partition coefficient (Wildman–Crippen LogP) is 1.91. The summed E-state index contributed by atoms with van der Waals surface area (Å²) in [5, 5.41) is 3.07. The molecule has 0 radical (unpaired) electrons. The Bertz CT molecular complexity index is 224. The molecule has 1 unspecified atom stereocenters. The molecule has 0 aromatic rings. The van der Waals surface area contributed by atoms with Gasteiger partial charge in [0.2, 0.25) is 5.91 Å². The van der Waals surface area contributed by atoms with Crippen LogP contribution in [0.15, 0.2) is 0 Å². The van der Waals surface area contributed by atoms with Crippen LogP contribution in [0.3, 0.4) is 0 Å². The highest BCUT2D eigenvalue weighted by atomic mass is 16.2. The second-order valence-corrected chi connectivity index (χ2v) is 5.47. The van der Waals surface area contributed by atoms with Gasteiger partial charge in [0.15, 0.2) is 0 Å². The molecule has 0 aliphatic heterocycles. The molecule has 15 heavy (non-hydrogen) atoms. The van der Waals surface area contributed by atoms with Gasteiger partial charge in [-0.25, -0.2) is 0 Å². The van der Waals surface area contributed by atoms with E-state index >= 15 is 0 Å². The van der Waals surface area contributed by atoms with E-state index in [4.69, 9.17) is 5.73 Å². The molecule has 0 aliphatic rings. The topological polar surface area (TPSA) is 55.1 Å². The lowest BCUT2D eigenvalue weighted by Gasteiger charge is -2.36. The van der Waals surface area contributed by atoms with Crippen molar-refractivity contribution in [2.75, 3.05) is 6.54 Å². The quantitative estimate of drug-likeness (QED) is 0.734. The van der Waals surface area contributed by atoms with Gasteiger partial charge in [0.1, 0.15) is 0 Å². The van der Waals surface area contributed by atoms with Crippen LogP contribution in [0.4, 0.5) is 0 Å². The van der Waals surface area contributed by atoms with Gasteiger partial charge >= 0.3 is 0 Å². The molecule has 0 rings (SSSR count). The van der Waals surface area contributed by atoms with Crippen molar-refractivity contribution >= 4 is 5.91 Å². The van der Waals surface area contributed by atoms with Crippen molar-refractivity contribution in [2.24, 2.45) is 17.1 Å². The van der Waals surface area contributed by atoms with Gasteiger partial charge in [0.05, 0.1) is 5.54 Å². The van der Waals surface area contributed by atoms with E-state index < -0.39 is 0 Å². The van der Waals surface area contributed by atoms with Crippen molar-refractivity contribution in [1.82, 2.24) is 5.32 Å².